The molecule has 1 fully saturated rings. The third-order valence-corrected chi connectivity index (χ3v) is 2.97. The first kappa shape index (κ1) is 11.1. The van der Waals surface area contributed by atoms with Crippen molar-refractivity contribution in [2.45, 2.75) is 25.3 Å². The van der Waals surface area contributed by atoms with Gasteiger partial charge in [0.1, 0.15) is 0 Å². The Balaban J connectivity index is 2.10. The Hall–Kier alpha value is 0.0300. The van der Waals surface area contributed by atoms with Crippen molar-refractivity contribution in [1.82, 2.24) is 4.90 Å². The second-order valence-electron chi connectivity index (χ2n) is 3.58. The summed E-state index contributed by atoms with van der Waals surface area (Å²) in [5, 5.41) is 0. The second kappa shape index (κ2) is 5.70. The molecule has 2 unspecified atom stereocenters. The number of hydrogen-bond donors (Lipinski definition) is 2. The topological polar surface area (TPSA) is 66.6 Å². The van der Waals surface area contributed by atoms with Gasteiger partial charge >= 0.3 is 0 Å². The number of likely N-dealkylation sites (tertiary alicyclic amines) is 1. The first-order valence-corrected chi connectivity index (χ1v) is 6.01. The number of rotatable bonds is 4. The van der Waals surface area contributed by atoms with Crippen LogP contribution in [0.25, 0.3) is 0 Å². The van der Waals surface area contributed by atoms with Crippen LogP contribution in [0.4, 0.5) is 0 Å². The number of nitrogens with two attached hydrogens (primary N) is 1. The third-order valence-electron chi connectivity index (χ3n) is 2.34. The van der Waals surface area contributed by atoms with Crippen LogP contribution in [0.15, 0.2) is 0 Å². The molecule has 3 N–H and O–H groups in total. The normalized spacial score (nSPS) is 27.4. The van der Waals surface area contributed by atoms with E-state index in [-0.39, 0.29) is 0 Å². The van der Waals surface area contributed by atoms with Crippen LogP contribution in [-0.2, 0) is 11.1 Å². The molecule has 0 amide bonds. The van der Waals surface area contributed by atoms with Crippen LogP contribution in [0.5, 0.6) is 0 Å². The van der Waals surface area contributed by atoms with E-state index in [9.17, 15) is 4.21 Å². The van der Waals surface area contributed by atoms with E-state index in [1.54, 1.807) is 0 Å². The summed E-state index contributed by atoms with van der Waals surface area (Å²) in [5.74, 6) is 0.381. The molecule has 13 heavy (non-hydrogen) atoms. The molecular formula is C8H18N2O2S. The fraction of sp³-hybridized carbons (Fsp3) is 1.00. The van der Waals surface area contributed by atoms with Crippen LogP contribution in [0.3, 0.4) is 0 Å². The molecule has 0 saturated carbocycles. The Labute approximate surface area is 81.8 Å². The SMILES string of the molecule is NC1CCCN(CCCS(=O)O)C1. The minimum absolute atomic E-state index is 0.299. The zero-order chi connectivity index (χ0) is 9.68. The summed E-state index contributed by atoms with van der Waals surface area (Å²) in [4.78, 5) is 2.28. The maximum Gasteiger partial charge on any atom is 0.152 e. The van der Waals surface area contributed by atoms with Gasteiger partial charge in [0.05, 0.1) is 5.75 Å². The van der Waals surface area contributed by atoms with E-state index in [2.05, 4.69) is 4.90 Å². The van der Waals surface area contributed by atoms with Crippen molar-refractivity contribution in [3.63, 3.8) is 0 Å². The summed E-state index contributed by atoms with van der Waals surface area (Å²) in [5.41, 5.74) is 5.81. The molecule has 78 valence electrons. The molecule has 5 heteroatoms. The lowest BCUT2D eigenvalue weighted by molar-refractivity contribution is 0.210. The second-order valence-corrected chi connectivity index (χ2v) is 4.63. The molecule has 0 aromatic carbocycles. The van der Waals surface area contributed by atoms with Crippen LogP contribution in [0, 0.1) is 0 Å². The Morgan fingerprint density at radius 3 is 3.00 bits per heavy atom. The van der Waals surface area contributed by atoms with Gasteiger partial charge in [0.2, 0.25) is 0 Å². The Morgan fingerprint density at radius 2 is 2.38 bits per heavy atom. The molecule has 0 radical (unpaired) electrons. The van der Waals surface area contributed by atoms with E-state index in [1.165, 1.54) is 0 Å². The van der Waals surface area contributed by atoms with Crippen LogP contribution >= 0.6 is 0 Å². The lowest BCUT2D eigenvalue weighted by Gasteiger charge is -2.30. The maximum atomic E-state index is 10.4. The van der Waals surface area contributed by atoms with Gasteiger partial charge in [0.25, 0.3) is 0 Å². The number of piperidine rings is 1. The van der Waals surface area contributed by atoms with Crippen molar-refractivity contribution in [2.75, 3.05) is 25.4 Å². The van der Waals surface area contributed by atoms with E-state index >= 15 is 0 Å². The van der Waals surface area contributed by atoms with Crippen molar-refractivity contribution in [1.29, 1.82) is 0 Å². The highest BCUT2D eigenvalue weighted by Crippen LogP contribution is 2.08. The number of hydrogen-bond acceptors (Lipinski definition) is 3. The first-order chi connectivity index (χ1) is 6.18. The summed E-state index contributed by atoms with van der Waals surface area (Å²) in [7, 11) is 0. The smallest absolute Gasteiger partial charge is 0.152 e. The fourth-order valence-corrected chi connectivity index (χ4v) is 2.08. The van der Waals surface area contributed by atoms with Crippen molar-refractivity contribution < 1.29 is 8.76 Å². The third kappa shape index (κ3) is 4.71. The van der Waals surface area contributed by atoms with Gasteiger partial charge in [-0.25, -0.2) is 4.21 Å². The minimum atomic E-state index is -1.64. The Bertz CT molecular complexity index is 178. The molecule has 1 heterocycles. The summed E-state index contributed by atoms with van der Waals surface area (Å²) in [6.07, 6.45) is 3.06. The standard InChI is InChI=1S/C8H18N2O2S/c9-8-3-1-4-10(7-8)5-2-6-13(11)12/h8H,1-7,9H2,(H,11,12). The van der Waals surface area contributed by atoms with Crippen LogP contribution in [-0.4, -0.2) is 45.1 Å². The van der Waals surface area contributed by atoms with Gasteiger partial charge in [-0.15, -0.1) is 0 Å². The van der Waals surface area contributed by atoms with Crippen molar-refractivity contribution in [2.24, 2.45) is 5.73 Å². The summed E-state index contributed by atoms with van der Waals surface area (Å²) in [6, 6.07) is 0.299. The van der Waals surface area contributed by atoms with Gasteiger partial charge in [0.15, 0.2) is 11.1 Å². The molecule has 0 aromatic heterocycles. The van der Waals surface area contributed by atoms with Crippen LogP contribution in [0.2, 0.25) is 0 Å². The summed E-state index contributed by atoms with van der Waals surface area (Å²) in [6.45, 7) is 2.93. The highest BCUT2D eigenvalue weighted by Gasteiger charge is 2.15. The molecule has 1 saturated heterocycles. The maximum absolute atomic E-state index is 10.4. The molecule has 1 rings (SSSR count). The van der Waals surface area contributed by atoms with Gasteiger partial charge in [0, 0.05) is 12.6 Å². The molecule has 1 aliphatic rings. The van der Waals surface area contributed by atoms with Gasteiger partial charge in [-0.05, 0) is 32.4 Å². The van der Waals surface area contributed by atoms with Gasteiger partial charge in [-0.2, -0.15) is 0 Å². The quantitative estimate of drug-likeness (QED) is 0.636. The van der Waals surface area contributed by atoms with Crippen LogP contribution < -0.4 is 5.73 Å². The Morgan fingerprint density at radius 1 is 1.62 bits per heavy atom. The molecule has 0 aliphatic carbocycles. The van der Waals surface area contributed by atoms with E-state index in [0.717, 1.165) is 38.9 Å². The van der Waals surface area contributed by atoms with E-state index in [1.807, 2.05) is 0 Å². The average molecular weight is 206 g/mol. The molecular weight excluding hydrogens is 188 g/mol. The molecule has 0 bridgehead atoms. The zero-order valence-corrected chi connectivity index (χ0v) is 8.63. The summed E-state index contributed by atoms with van der Waals surface area (Å²) >= 11 is -1.64. The van der Waals surface area contributed by atoms with Gasteiger partial charge in [-0.3, -0.25) is 0 Å². The first-order valence-electron chi connectivity index (χ1n) is 4.74. The molecule has 1 aliphatic heterocycles. The zero-order valence-electron chi connectivity index (χ0n) is 7.82. The van der Waals surface area contributed by atoms with Crippen molar-refractivity contribution in [3.8, 4) is 0 Å². The lowest BCUT2D eigenvalue weighted by atomic mass is 10.1. The lowest BCUT2D eigenvalue weighted by Crippen LogP contribution is -2.43. The molecule has 2 atom stereocenters. The number of nitrogens with zero attached hydrogens (tertiary/aromatic N) is 1. The van der Waals surface area contributed by atoms with Gasteiger partial charge in [-0.1, -0.05) is 0 Å². The van der Waals surface area contributed by atoms with E-state index in [0.29, 0.717) is 11.8 Å². The predicted octanol–water partition coefficient (Wildman–Crippen LogP) is 0.0213. The van der Waals surface area contributed by atoms with Crippen molar-refractivity contribution >= 4 is 11.1 Å². The van der Waals surface area contributed by atoms with Crippen molar-refractivity contribution in [3.05, 3.63) is 0 Å². The van der Waals surface area contributed by atoms with E-state index in [4.69, 9.17) is 10.3 Å². The average Bonchev–Trinajstić information content (AvgIpc) is 2.03. The van der Waals surface area contributed by atoms with E-state index < -0.39 is 11.1 Å². The highest BCUT2D eigenvalue weighted by molar-refractivity contribution is 7.79. The molecule has 0 aromatic rings. The molecule has 0 spiro atoms. The fourth-order valence-electron chi connectivity index (χ4n) is 1.71. The minimum Gasteiger partial charge on any atom is -0.327 e. The summed E-state index contributed by atoms with van der Waals surface area (Å²) < 4.78 is 18.9. The monoisotopic (exact) mass is 206 g/mol. The largest absolute Gasteiger partial charge is 0.327 e. The highest BCUT2D eigenvalue weighted by atomic mass is 32.2. The van der Waals surface area contributed by atoms with Crippen LogP contribution in [0.1, 0.15) is 19.3 Å². The van der Waals surface area contributed by atoms with Gasteiger partial charge < -0.3 is 15.2 Å². The Kier molecular flexibility index (Phi) is 4.87. The predicted molar refractivity (Wildman–Crippen MR) is 53.9 cm³/mol. The molecule has 4 nitrogen and oxygen atoms in total.